The quantitative estimate of drug-likeness (QED) is 0.594. The van der Waals surface area contributed by atoms with Crippen molar-refractivity contribution in [3.8, 4) is 0 Å². The summed E-state index contributed by atoms with van der Waals surface area (Å²) in [4.78, 5) is 2.03. The second kappa shape index (κ2) is 3.35. The highest BCUT2D eigenvalue weighted by molar-refractivity contribution is 4.76. The first-order chi connectivity index (χ1) is 4.39. The molecule has 0 radical (unpaired) electrons. The van der Waals surface area contributed by atoms with Crippen LogP contribution >= 0.6 is 0 Å². The first-order valence-corrected chi connectivity index (χ1v) is 3.77. The van der Waals surface area contributed by atoms with Crippen LogP contribution in [-0.2, 0) is 0 Å². The summed E-state index contributed by atoms with van der Waals surface area (Å²) in [6.07, 6.45) is 0. The van der Waals surface area contributed by atoms with E-state index in [9.17, 15) is 0 Å². The molecule has 0 aliphatic rings. The number of nitrogens with zero attached hydrogens (tertiary/aromatic N) is 1. The second-order valence-corrected chi connectivity index (χ2v) is 3.88. The lowest BCUT2D eigenvalue weighted by Gasteiger charge is -2.36. The zero-order valence-corrected chi connectivity index (χ0v) is 7.68. The number of aliphatic hydroxyl groups excluding tert-OH is 1. The minimum absolute atomic E-state index is 0.0723. The highest BCUT2D eigenvalue weighted by Crippen LogP contribution is 2.14. The van der Waals surface area contributed by atoms with Crippen molar-refractivity contribution in [1.29, 1.82) is 0 Å². The molecule has 0 unspecified atom stereocenters. The average molecular weight is 145 g/mol. The molecular formula is C8H19NO. The van der Waals surface area contributed by atoms with Crippen LogP contribution in [0.15, 0.2) is 0 Å². The van der Waals surface area contributed by atoms with Gasteiger partial charge in [-0.05, 0) is 34.6 Å². The van der Waals surface area contributed by atoms with Crippen LogP contribution in [0.3, 0.4) is 0 Å². The molecule has 0 amide bonds. The average Bonchev–Trinajstić information content (AvgIpc) is 1.60. The van der Waals surface area contributed by atoms with Crippen LogP contribution in [0, 0.1) is 0 Å². The van der Waals surface area contributed by atoms with Gasteiger partial charge in [-0.25, -0.2) is 0 Å². The molecule has 0 atom stereocenters. The van der Waals surface area contributed by atoms with Crippen molar-refractivity contribution >= 4 is 0 Å². The van der Waals surface area contributed by atoms with E-state index in [4.69, 9.17) is 5.11 Å². The van der Waals surface area contributed by atoms with Crippen LogP contribution in [-0.4, -0.2) is 28.3 Å². The Morgan fingerprint density at radius 3 is 1.70 bits per heavy atom. The Morgan fingerprint density at radius 2 is 1.70 bits per heavy atom. The van der Waals surface area contributed by atoms with Crippen molar-refractivity contribution in [3.05, 3.63) is 0 Å². The third kappa shape index (κ3) is 2.67. The summed E-state index contributed by atoms with van der Waals surface area (Å²) in [5.41, 5.74) is 0.0723. The molecule has 0 aromatic heterocycles. The Balaban J connectivity index is 4.07. The molecule has 2 nitrogen and oxygen atoms in total. The van der Waals surface area contributed by atoms with Crippen molar-refractivity contribution in [2.45, 2.75) is 46.2 Å². The highest BCUT2D eigenvalue weighted by atomic mass is 16.3. The fraction of sp³-hybridized carbons (Fsp3) is 1.00. The van der Waals surface area contributed by atoms with E-state index in [2.05, 4.69) is 34.6 Å². The number of hydrogen-bond donors (Lipinski definition) is 1. The lowest BCUT2D eigenvalue weighted by Crippen LogP contribution is -2.46. The van der Waals surface area contributed by atoms with Gasteiger partial charge in [0.2, 0.25) is 0 Å². The Bertz CT molecular complexity index is 93.9. The third-order valence-corrected chi connectivity index (χ3v) is 1.64. The lowest BCUT2D eigenvalue weighted by molar-refractivity contribution is 0.00773. The topological polar surface area (TPSA) is 23.5 Å². The summed E-state index contributed by atoms with van der Waals surface area (Å²) in [6, 6.07) is 0.407. The summed E-state index contributed by atoms with van der Waals surface area (Å²) >= 11 is 0. The van der Waals surface area contributed by atoms with Crippen LogP contribution in [0.25, 0.3) is 0 Å². The first-order valence-electron chi connectivity index (χ1n) is 3.77. The smallest absolute Gasteiger partial charge is 0.0962 e. The molecule has 2 heteroatoms. The third-order valence-electron chi connectivity index (χ3n) is 1.64. The maximum Gasteiger partial charge on any atom is 0.0962 e. The zero-order chi connectivity index (χ0) is 8.36. The Kier molecular flexibility index (Phi) is 3.33. The van der Waals surface area contributed by atoms with E-state index in [-0.39, 0.29) is 12.3 Å². The van der Waals surface area contributed by atoms with Gasteiger partial charge >= 0.3 is 0 Å². The second-order valence-electron chi connectivity index (χ2n) is 3.88. The summed E-state index contributed by atoms with van der Waals surface area (Å²) in [7, 11) is 0. The molecule has 0 aromatic rings. The Hall–Kier alpha value is -0.0800. The number of aliphatic hydroxyl groups is 1. The molecule has 0 saturated heterocycles. The van der Waals surface area contributed by atoms with Crippen molar-refractivity contribution in [2.24, 2.45) is 0 Å². The van der Waals surface area contributed by atoms with E-state index in [0.717, 1.165) is 0 Å². The van der Waals surface area contributed by atoms with Gasteiger partial charge in [0, 0.05) is 11.6 Å². The monoisotopic (exact) mass is 145 g/mol. The molecule has 0 spiro atoms. The van der Waals surface area contributed by atoms with Gasteiger partial charge in [-0.3, -0.25) is 4.90 Å². The van der Waals surface area contributed by atoms with Gasteiger partial charge in [-0.1, -0.05) is 0 Å². The molecule has 0 saturated carbocycles. The Labute approximate surface area is 63.8 Å². The minimum atomic E-state index is 0.0723. The molecule has 62 valence electrons. The molecule has 1 N–H and O–H groups in total. The van der Waals surface area contributed by atoms with Crippen LogP contribution < -0.4 is 0 Å². The van der Waals surface area contributed by atoms with Gasteiger partial charge < -0.3 is 5.11 Å². The van der Waals surface area contributed by atoms with Gasteiger partial charge in [0.05, 0.1) is 6.73 Å². The van der Waals surface area contributed by atoms with Crippen LogP contribution in [0.1, 0.15) is 34.6 Å². The van der Waals surface area contributed by atoms with E-state index in [0.29, 0.717) is 6.04 Å². The van der Waals surface area contributed by atoms with Gasteiger partial charge in [0.1, 0.15) is 0 Å². The van der Waals surface area contributed by atoms with Gasteiger partial charge in [0.15, 0.2) is 0 Å². The summed E-state index contributed by atoms with van der Waals surface area (Å²) in [6.45, 7) is 10.6. The predicted molar refractivity (Wildman–Crippen MR) is 43.8 cm³/mol. The Morgan fingerprint density at radius 1 is 1.30 bits per heavy atom. The molecule has 0 fully saturated rings. The van der Waals surface area contributed by atoms with E-state index in [1.54, 1.807) is 0 Å². The molecule has 0 rings (SSSR count). The van der Waals surface area contributed by atoms with Crippen LogP contribution in [0.5, 0.6) is 0 Å². The van der Waals surface area contributed by atoms with Gasteiger partial charge in [0.25, 0.3) is 0 Å². The maximum absolute atomic E-state index is 8.96. The number of rotatable bonds is 2. The van der Waals surface area contributed by atoms with Crippen molar-refractivity contribution < 1.29 is 5.11 Å². The number of hydrogen-bond acceptors (Lipinski definition) is 2. The van der Waals surface area contributed by atoms with Crippen molar-refractivity contribution in [2.75, 3.05) is 6.73 Å². The first kappa shape index (κ1) is 9.92. The molecular weight excluding hydrogens is 126 g/mol. The zero-order valence-electron chi connectivity index (χ0n) is 7.68. The van der Waals surface area contributed by atoms with E-state index in [1.807, 2.05) is 4.90 Å². The van der Waals surface area contributed by atoms with E-state index in [1.165, 1.54) is 0 Å². The fourth-order valence-corrected chi connectivity index (χ4v) is 1.15. The lowest BCUT2D eigenvalue weighted by atomic mass is 10.1. The predicted octanol–water partition coefficient (Wildman–Crippen LogP) is 1.45. The molecule has 0 aliphatic heterocycles. The SMILES string of the molecule is CC(C)N(CO)C(C)(C)C. The molecule has 0 aliphatic carbocycles. The standard InChI is InChI=1S/C8H19NO/c1-7(2)9(6-10)8(3,4)5/h7,10H,6H2,1-5H3. The maximum atomic E-state index is 8.96. The van der Waals surface area contributed by atoms with E-state index >= 15 is 0 Å². The van der Waals surface area contributed by atoms with E-state index < -0.39 is 0 Å². The van der Waals surface area contributed by atoms with Crippen molar-refractivity contribution in [1.82, 2.24) is 4.90 Å². The van der Waals surface area contributed by atoms with Gasteiger partial charge in [-0.2, -0.15) is 0 Å². The highest BCUT2D eigenvalue weighted by Gasteiger charge is 2.22. The normalized spacial score (nSPS) is 13.2. The van der Waals surface area contributed by atoms with Crippen molar-refractivity contribution in [3.63, 3.8) is 0 Å². The molecule has 0 heterocycles. The molecule has 10 heavy (non-hydrogen) atoms. The summed E-state index contributed by atoms with van der Waals surface area (Å²) in [5.74, 6) is 0. The molecule has 0 bridgehead atoms. The summed E-state index contributed by atoms with van der Waals surface area (Å²) < 4.78 is 0. The minimum Gasteiger partial charge on any atom is -0.381 e. The summed E-state index contributed by atoms with van der Waals surface area (Å²) in [5, 5.41) is 8.96. The largest absolute Gasteiger partial charge is 0.381 e. The fourth-order valence-electron chi connectivity index (χ4n) is 1.15. The van der Waals surface area contributed by atoms with Crippen LogP contribution in [0.4, 0.5) is 0 Å². The molecule has 0 aromatic carbocycles. The van der Waals surface area contributed by atoms with Crippen LogP contribution in [0.2, 0.25) is 0 Å². The van der Waals surface area contributed by atoms with Gasteiger partial charge in [-0.15, -0.1) is 0 Å².